The molecule has 0 saturated heterocycles. The summed E-state index contributed by atoms with van der Waals surface area (Å²) in [6.45, 7) is 0. The summed E-state index contributed by atoms with van der Waals surface area (Å²) in [6.07, 6.45) is 11.9. The average Bonchev–Trinajstić information content (AvgIpc) is 3.52. The van der Waals surface area contributed by atoms with E-state index in [0.717, 1.165) is 60.5 Å². The van der Waals surface area contributed by atoms with Crippen LogP contribution in [0.3, 0.4) is 0 Å². The van der Waals surface area contributed by atoms with Crippen LogP contribution in [0.4, 0.5) is 10.7 Å². The first-order valence-corrected chi connectivity index (χ1v) is 15.7. The number of anilines is 2. The number of rotatable bonds is 7. The van der Waals surface area contributed by atoms with Gasteiger partial charge in [-0.1, -0.05) is 30.0 Å². The molecule has 2 aromatic heterocycles. The molecule has 4 saturated carbocycles. The first-order valence-electron chi connectivity index (χ1n) is 13.9. The van der Waals surface area contributed by atoms with Crippen LogP contribution in [-0.4, -0.2) is 32.7 Å². The molecule has 0 radical (unpaired) electrons. The predicted octanol–water partition coefficient (Wildman–Crippen LogP) is 6.20. The number of nitrogens with zero attached hydrogens (tertiary/aromatic N) is 2. The zero-order valence-corrected chi connectivity index (χ0v) is 23.1. The van der Waals surface area contributed by atoms with E-state index in [2.05, 4.69) is 20.8 Å². The summed E-state index contributed by atoms with van der Waals surface area (Å²) in [5.74, 6) is 3.48. The molecule has 0 spiro atoms. The van der Waals surface area contributed by atoms with E-state index in [9.17, 15) is 9.59 Å². The smallest absolute Gasteiger partial charge is 0.258 e. The number of thioether (sulfide) groups is 1. The molecule has 0 aliphatic heterocycles. The highest BCUT2D eigenvalue weighted by atomic mass is 32.2. The maximum absolute atomic E-state index is 13.3. The second kappa shape index (κ2) is 9.83. The van der Waals surface area contributed by atoms with Gasteiger partial charge in [0.15, 0.2) is 0 Å². The molecule has 2 amide bonds. The lowest BCUT2D eigenvalue weighted by atomic mass is 9.49. The van der Waals surface area contributed by atoms with Gasteiger partial charge in [-0.2, -0.15) is 0 Å². The van der Waals surface area contributed by atoms with Gasteiger partial charge in [-0.25, -0.2) is 4.98 Å². The van der Waals surface area contributed by atoms with Crippen LogP contribution in [0, 0.1) is 17.8 Å². The number of aromatic amines is 1. The molecule has 7 nitrogen and oxygen atoms in total. The molecule has 3 aromatic rings. The third-order valence-corrected chi connectivity index (χ3v) is 11.1. The standard InChI is InChI=1S/C29H33N5O2S2/c35-23(16-37-28-32-27(33-34-28)29-13-17-10-18(14-29)12-19(11-17)15-29)31-26-24(21-8-4-5-9-22(21)38-26)25(36)30-20-6-2-1-3-7-20/h1-3,6-7,17-19H,4-5,8-16H2,(H,30,36)(H,31,35)(H,32,33,34). The molecule has 8 rings (SSSR count). The molecule has 5 aliphatic rings. The number of benzene rings is 1. The van der Waals surface area contributed by atoms with Crippen molar-refractivity contribution in [2.45, 2.75) is 74.8 Å². The highest BCUT2D eigenvalue weighted by Crippen LogP contribution is 2.60. The molecule has 38 heavy (non-hydrogen) atoms. The Morgan fingerprint density at radius 3 is 2.45 bits per heavy atom. The van der Waals surface area contributed by atoms with Gasteiger partial charge in [0.1, 0.15) is 10.8 Å². The van der Waals surface area contributed by atoms with Gasteiger partial charge in [0.25, 0.3) is 5.91 Å². The number of H-pyrrole nitrogens is 1. The number of para-hydroxylation sites is 1. The molecule has 2 heterocycles. The molecule has 5 aliphatic carbocycles. The molecular weight excluding hydrogens is 514 g/mol. The monoisotopic (exact) mass is 547 g/mol. The van der Waals surface area contributed by atoms with Gasteiger partial charge in [-0.15, -0.1) is 16.4 Å². The number of nitrogens with one attached hydrogen (secondary N) is 3. The summed E-state index contributed by atoms with van der Waals surface area (Å²) in [5.41, 5.74) is 2.63. The van der Waals surface area contributed by atoms with Crippen LogP contribution in [0.1, 0.15) is 78.0 Å². The summed E-state index contributed by atoms with van der Waals surface area (Å²) < 4.78 is 0. The lowest BCUT2D eigenvalue weighted by molar-refractivity contribution is -0.113. The molecule has 0 unspecified atom stereocenters. The number of hydrogen-bond donors (Lipinski definition) is 3. The van der Waals surface area contributed by atoms with Crippen LogP contribution >= 0.6 is 23.1 Å². The molecule has 9 heteroatoms. The number of carbonyl (C=O) groups is 2. The van der Waals surface area contributed by atoms with Gasteiger partial charge in [-0.3, -0.25) is 14.7 Å². The SMILES string of the molecule is O=C(CSc1n[nH]c(C23CC4CC(CC(C4)C2)C3)n1)Nc1sc2c(c1C(=O)Nc1ccccc1)CCCC2. The van der Waals surface area contributed by atoms with Crippen molar-refractivity contribution in [1.82, 2.24) is 15.2 Å². The molecule has 0 atom stereocenters. The number of hydrogen-bond acceptors (Lipinski definition) is 6. The molecule has 3 N–H and O–H groups in total. The minimum absolute atomic E-state index is 0.136. The summed E-state index contributed by atoms with van der Waals surface area (Å²) in [5, 5.41) is 15.1. The van der Waals surface area contributed by atoms with Gasteiger partial charge in [0, 0.05) is 16.0 Å². The zero-order chi connectivity index (χ0) is 25.7. The first-order chi connectivity index (χ1) is 18.5. The predicted molar refractivity (Wildman–Crippen MR) is 151 cm³/mol. The van der Waals surface area contributed by atoms with Crippen molar-refractivity contribution in [3.8, 4) is 0 Å². The second-order valence-corrected chi connectivity index (χ2v) is 13.8. The van der Waals surface area contributed by atoms with Gasteiger partial charge >= 0.3 is 0 Å². The molecular formula is C29H33N5O2S2. The van der Waals surface area contributed by atoms with Crippen molar-refractivity contribution in [3.63, 3.8) is 0 Å². The van der Waals surface area contributed by atoms with E-state index >= 15 is 0 Å². The fraction of sp³-hybridized carbons (Fsp3) is 0.517. The van der Waals surface area contributed by atoms with Crippen LogP contribution in [0.25, 0.3) is 0 Å². The topological polar surface area (TPSA) is 99.8 Å². The van der Waals surface area contributed by atoms with Crippen molar-refractivity contribution >= 4 is 45.6 Å². The van der Waals surface area contributed by atoms with E-state index < -0.39 is 0 Å². The fourth-order valence-electron chi connectivity index (χ4n) is 7.85. The van der Waals surface area contributed by atoms with Gasteiger partial charge in [0.2, 0.25) is 11.1 Å². The van der Waals surface area contributed by atoms with Crippen LogP contribution in [0.2, 0.25) is 0 Å². The Bertz CT molecular complexity index is 1330. The normalized spacial score (nSPS) is 27.2. The van der Waals surface area contributed by atoms with Crippen molar-refractivity contribution in [2.75, 3.05) is 16.4 Å². The van der Waals surface area contributed by atoms with E-state index in [1.807, 2.05) is 30.3 Å². The molecule has 4 fully saturated rings. The minimum Gasteiger partial charge on any atom is -0.322 e. The number of aryl methyl sites for hydroxylation is 1. The van der Waals surface area contributed by atoms with Crippen molar-refractivity contribution in [2.24, 2.45) is 17.8 Å². The lowest BCUT2D eigenvalue weighted by Crippen LogP contribution is -2.49. The van der Waals surface area contributed by atoms with E-state index in [4.69, 9.17) is 4.98 Å². The Hall–Kier alpha value is -2.65. The Labute approximate surface area is 231 Å². The van der Waals surface area contributed by atoms with Crippen LogP contribution < -0.4 is 10.6 Å². The van der Waals surface area contributed by atoms with Crippen molar-refractivity contribution < 1.29 is 9.59 Å². The fourth-order valence-corrected chi connectivity index (χ4v) is 9.75. The van der Waals surface area contributed by atoms with E-state index in [1.165, 1.54) is 55.2 Å². The first kappa shape index (κ1) is 24.4. The number of amides is 2. The quantitative estimate of drug-likeness (QED) is 0.306. The van der Waals surface area contributed by atoms with Crippen LogP contribution in [0.15, 0.2) is 35.5 Å². The average molecular weight is 548 g/mol. The largest absolute Gasteiger partial charge is 0.322 e. The zero-order valence-electron chi connectivity index (χ0n) is 21.4. The van der Waals surface area contributed by atoms with Crippen molar-refractivity contribution in [3.05, 3.63) is 52.2 Å². The van der Waals surface area contributed by atoms with Gasteiger partial charge in [0.05, 0.1) is 11.3 Å². The van der Waals surface area contributed by atoms with Crippen LogP contribution in [0.5, 0.6) is 0 Å². The maximum atomic E-state index is 13.3. The summed E-state index contributed by atoms with van der Waals surface area (Å²) in [6, 6.07) is 9.47. The second-order valence-electron chi connectivity index (χ2n) is 11.7. The Morgan fingerprint density at radius 1 is 1.00 bits per heavy atom. The number of carbonyl (C=O) groups excluding carboxylic acids is 2. The highest BCUT2D eigenvalue weighted by Gasteiger charge is 2.53. The molecule has 4 bridgehead atoms. The Morgan fingerprint density at radius 2 is 1.71 bits per heavy atom. The molecule has 198 valence electrons. The number of aromatic nitrogens is 3. The third kappa shape index (κ3) is 4.57. The summed E-state index contributed by atoms with van der Waals surface area (Å²) in [7, 11) is 0. The number of thiophene rings is 1. The minimum atomic E-state index is -0.160. The number of fused-ring (bicyclic) bond motifs is 1. The van der Waals surface area contributed by atoms with Crippen molar-refractivity contribution in [1.29, 1.82) is 0 Å². The maximum Gasteiger partial charge on any atom is 0.258 e. The van der Waals surface area contributed by atoms with E-state index in [-0.39, 0.29) is 23.0 Å². The van der Waals surface area contributed by atoms with Crippen LogP contribution in [-0.2, 0) is 23.1 Å². The van der Waals surface area contributed by atoms with Gasteiger partial charge < -0.3 is 10.6 Å². The summed E-state index contributed by atoms with van der Waals surface area (Å²) in [4.78, 5) is 32.4. The van der Waals surface area contributed by atoms with E-state index in [1.54, 1.807) is 11.3 Å². The third-order valence-electron chi connectivity index (χ3n) is 9.02. The summed E-state index contributed by atoms with van der Waals surface area (Å²) >= 11 is 2.91. The Kier molecular flexibility index (Phi) is 6.31. The highest BCUT2D eigenvalue weighted by molar-refractivity contribution is 7.99. The Balaban J connectivity index is 1.03. The van der Waals surface area contributed by atoms with Gasteiger partial charge in [-0.05, 0) is 99.7 Å². The molecule has 1 aromatic carbocycles. The van der Waals surface area contributed by atoms with E-state index in [0.29, 0.717) is 15.7 Å². The lowest BCUT2D eigenvalue weighted by Gasteiger charge is -2.55.